The number of ether oxygens (including phenoxy) is 1. The number of carbonyl (C=O) groups excluding carboxylic acids is 1. The normalized spacial score (nSPS) is 12.7. The minimum absolute atomic E-state index is 0.0862. The molecule has 1 rings (SSSR count). The number of aliphatic hydroxyl groups excluding tert-OH is 1. The van der Waals surface area contributed by atoms with Crippen molar-refractivity contribution in [3.63, 3.8) is 0 Å². The molecule has 5 heteroatoms. The quantitative estimate of drug-likeness (QED) is 0.773. The summed E-state index contributed by atoms with van der Waals surface area (Å²) in [6.45, 7) is 7.95. The van der Waals surface area contributed by atoms with E-state index < -0.39 is 0 Å². The van der Waals surface area contributed by atoms with Crippen LogP contribution in [0.3, 0.4) is 0 Å². The van der Waals surface area contributed by atoms with Crippen LogP contribution in [0.2, 0.25) is 0 Å². The lowest BCUT2D eigenvalue weighted by atomic mass is 10.1. The zero-order valence-electron chi connectivity index (χ0n) is 12.6. The summed E-state index contributed by atoms with van der Waals surface area (Å²) in [4.78, 5) is 11.6. The van der Waals surface area contributed by atoms with E-state index in [1.54, 1.807) is 6.92 Å². The standard InChI is InChI=1S/C15H24N2O3/c1-11(10-18)17-14(19)16-9-12-7-5-6-8-13(12)20-15(2,3)4/h5-8,11,18H,9-10H2,1-4H3,(H2,16,17,19). The Balaban J connectivity index is 2.62. The second kappa shape index (κ2) is 7.14. The zero-order valence-corrected chi connectivity index (χ0v) is 12.6. The third-order valence-corrected chi connectivity index (χ3v) is 2.48. The molecular weight excluding hydrogens is 256 g/mol. The number of urea groups is 1. The molecule has 0 saturated heterocycles. The van der Waals surface area contributed by atoms with Crippen molar-refractivity contribution in [1.82, 2.24) is 10.6 Å². The number of carbonyl (C=O) groups is 1. The number of hydrogen-bond acceptors (Lipinski definition) is 3. The van der Waals surface area contributed by atoms with Gasteiger partial charge in [0.2, 0.25) is 0 Å². The number of hydrogen-bond donors (Lipinski definition) is 3. The van der Waals surface area contributed by atoms with Crippen molar-refractivity contribution >= 4 is 6.03 Å². The van der Waals surface area contributed by atoms with E-state index in [0.29, 0.717) is 6.54 Å². The Morgan fingerprint density at radius 1 is 1.35 bits per heavy atom. The minimum Gasteiger partial charge on any atom is -0.488 e. The van der Waals surface area contributed by atoms with Crippen LogP contribution in [-0.2, 0) is 6.54 Å². The Kier molecular flexibility index (Phi) is 5.82. The first-order valence-electron chi connectivity index (χ1n) is 6.74. The monoisotopic (exact) mass is 280 g/mol. The molecule has 0 heterocycles. The maximum absolute atomic E-state index is 11.6. The van der Waals surface area contributed by atoms with Crippen molar-refractivity contribution in [2.24, 2.45) is 0 Å². The van der Waals surface area contributed by atoms with Gasteiger partial charge in [0, 0.05) is 12.1 Å². The zero-order chi connectivity index (χ0) is 15.2. The highest BCUT2D eigenvalue weighted by Crippen LogP contribution is 2.22. The van der Waals surface area contributed by atoms with Crippen molar-refractivity contribution in [1.29, 1.82) is 0 Å². The maximum atomic E-state index is 11.6. The number of nitrogens with one attached hydrogen (secondary N) is 2. The highest BCUT2D eigenvalue weighted by molar-refractivity contribution is 5.74. The third kappa shape index (κ3) is 5.93. The topological polar surface area (TPSA) is 70.6 Å². The van der Waals surface area contributed by atoms with Gasteiger partial charge in [0.1, 0.15) is 11.4 Å². The van der Waals surface area contributed by atoms with Gasteiger partial charge in [-0.1, -0.05) is 18.2 Å². The van der Waals surface area contributed by atoms with E-state index in [1.807, 2.05) is 45.0 Å². The molecule has 0 aromatic heterocycles. The highest BCUT2D eigenvalue weighted by atomic mass is 16.5. The van der Waals surface area contributed by atoms with Crippen LogP contribution in [-0.4, -0.2) is 29.4 Å². The molecule has 0 radical (unpaired) electrons. The molecule has 0 aliphatic heterocycles. The second-order valence-corrected chi connectivity index (χ2v) is 5.73. The summed E-state index contributed by atoms with van der Waals surface area (Å²) in [5, 5.41) is 14.3. The molecule has 5 nitrogen and oxygen atoms in total. The Hall–Kier alpha value is -1.75. The fourth-order valence-corrected chi connectivity index (χ4v) is 1.58. The molecule has 0 aliphatic carbocycles. The van der Waals surface area contributed by atoms with Gasteiger partial charge in [0.15, 0.2) is 0 Å². The molecule has 2 amide bonds. The van der Waals surface area contributed by atoms with Crippen LogP contribution in [0.5, 0.6) is 5.75 Å². The molecule has 0 saturated carbocycles. The van der Waals surface area contributed by atoms with Crippen molar-refractivity contribution in [2.45, 2.75) is 45.9 Å². The lowest BCUT2D eigenvalue weighted by Crippen LogP contribution is -2.42. The van der Waals surface area contributed by atoms with Gasteiger partial charge in [0.25, 0.3) is 0 Å². The molecule has 1 atom stereocenters. The van der Waals surface area contributed by atoms with Crippen molar-refractivity contribution in [2.75, 3.05) is 6.61 Å². The molecule has 0 aliphatic rings. The predicted molar refractivity (Wildman–Crippen MR) is 78.7 cm³/mol. The van der Waals surface area contributed by atoms with Gasteiger partial charge in [0.05, 0.1) is 12.6 Å². The Bertz CT molecular complexity index is 441. The summed E-state index contributed by atoms with van der Waals surface area (Å²) in [5.74, 6) is 0.760. The van der Waals surface area contributed by atoms with Crippen molar-refractivity contribution < 1.29 is 14.6 Å². The largest absolute Gasteiger partial charge is 0.488 e. The SMILES string of the molecule is CC(CO)NC(=O)NCc1ccccc1OC(C)(C)C. The smallest absolute Gasteiger partial charge is 0.315 e. The van der Waals surface area contributed by atoms with Crippen LogP contribution in [0.25, 0.3) is 0 Å². The molecule has 1 aromatic rings. The average molecular weight is 280 g/mol. The first kappa shape index (κ1) is 16.3. The van der Waals surface area contributed by atoms with E-state index in [4.69, 9.17) is 9.84 Å². The van der Waals surface area contributed by atoms with E-state index in [-0.39, 0.29) is 24.3 Å². The number of benzene rings is 1. The van der Waals surface area contributed by atoms with E-state index in [2.05, 4.69) is 10.6 Å². The van der Waals surface area contributed by atoms with Gasteiger partial charge in [-0.15, -0.1) is 0 Å². The molecule has 20 heavy (non-hydrogen) atoms. The average Bonchev–Trinajstić information content (AvgIpc) is 2.35. The lowest BCUT2D eigenvalue weighted by molar-refractivity contribution is 0.129. The van der Waals surface area contributed by atoms with E-state index in [9.17, 15) is 4.79 Å². The predicted octanol–water partition coefficient (Wildman–Crippen LogP) is 2.04. The molecule has 112 valence electrons. The van der Waals surface area contributed by atoms with E-state index in [0.717, 1.165) is 11.3 Å². The second-order valence-electron chi connectivity index (χ2n) is 5.73. The molecule has 3 N–H and O–H groups in total. The number of amides is 2. The number of aliphatic hydroxyl groups is 1. The molecule has 0 spiro atoms. The highest BCUT2D eigenvalue weighted by Gasteiger charge is 2.14. The Morgan fingerprint density at radius 2 is 2.00 bits per heavy atom. The van der Waals surface area contributed by atoms with Crippen LogP contribution in [0.15, 0.2) is 24.3 Å². The fourth-order valence-electron chi connectivity index (χ4n) is 1.58. The van der Waals surface area contributed by atoms with Gasteiger partial charge in [-0.05, 0) is 33.8 Å². The van der Waals surface area contributed by atoms with E-state index in [1.165, 1.54) is 0 Å². The van der Waals surface area contributed by atoms with Gasteiger partial charge >= 0.3 is 6.03 Å². The summed E-state index contributed by atoms with van der Waals surface area (Å²) in [7, 11) is 0. The third-order valence-electron chi connectivity index (χ3n) is 2.48. The van der Waals surface area contributed by atoms with Crippen LogP contribution in [0.1, 0.15) is 33.3 Å². The van der Waals surface area contributed by atoms with Crippen LogP contribution < -0.4 is 15.4 Å². The van der Waals surface area contributed by atoms with Crippen LogP contribution >= 0.6 is 0 Å². The summed E-state index contributed by atoms with van der Waals surface area (Å²) in [6, 6.07) is 7.03. The Labute approximate surface area is 120 Å². The number of para-hydroxylation sites is 1. The van der Waals surface area contributed by atoms with E-state index >= 15 is 0 Å². The summed E-state index contributed by atoms with van der Waals surface area (Å²) >= 11 is 0. The van der Waals surface area contributed by atoms with Gasteiger partial charge in [-0.3, -0.25) is 0 Å². The minimum atomic E-state index is -0.308. The summed E-state index contributed by atoms with van der Waals surface area (Å²) < 4.78 is 5.86. The maximum Gasteiger partial charge on any atom is 0.315 e. The summed E-state index contributed by atoms with van der Waals surface area (Å²) in [6.07, 6.45) is 0. The molecule has 0 bridgehead atoms. The molecule has 1 unspecified atom stereocenters. The van der Waals surface area contributed by atoms with Gasteiger partial charge in [-0.2, -0.15) is 0 Å². The van der Waals surface area contributed by atoms with Crippen LogP contribution in [0, 0.1) is 0 Å². The van der Waals surface area contributed by atoms with Crippen LogP contribution in [0.4, 0.5) is 4.79 Å². The first-order chi connectivity index (χ1) is 9.31. The fraction of sp³-hybridized carbons (Fsp3) is 0.533. The molecular formula is C15H24N2O3. The number of rotatable bonds is 5. The Morgan fingerprint density at radius 3 is 2.60 bits per heavy atom. The van der Waals surface area contributed by atoms with Gasteiger partial charge < -0.3 is 20.5 Å². The first-order valence-corrected chi connectivity index (χ1v) is 6.74. The lowest BCUT2D eigenvalue weighted by Gasteiger charge is -2.23. The van der Waals surface area contributed by atoms with Crippen molar-refractivity contribution in [3.8, 4) is 5.75 Å². The van der Waals surface area contributed by atoms with Crippen molar-refractivity contribution in [3.05, 3.63) is 29.8 Å². The van der Waals surface area contributed by atoms with Gasteiger partial charge in [-0.25, -0.2) is 4.79 Å². The summed E-state index contributed by atoms with van der Waals surface area (Å²) in [5.41, 5.74) is 0.623. The molecule has 1 aromatic carbocycles. The molecule has 0 fully saturated rings.